The number of hydrogen-bond acceptors (Lipinski definition) is 5. The molecule has 3 N–H and O–H groups in total. The van der Waals surface area contributed by atoms with Crippen molar-refractivity contribution in [2.45, 2.75) is 482 Å². The Hall–Kier alpha value is -1.66. The van der Waals surface area contributed by atoms with Crippen molar-refractivity contribution >= 4 is 11.9 Å². The maximum atomic E-state index is 12.6. The molecule has 0 saturated heterocycles. The molecule has 0 heterocycles. The predicted molar refractivity (Wildman–Crippen MR) is 393 cm³/mol. The van der Waals surface area contributed by atoms with Crippen molar-refractivity contribution in [1.29, 1.82) is 0 Å². The fraction of sp³-hybridized carbons (Fsp3) is 0.928. The Kier molecular flexibility index (Phi) is 77.3. The highest BCUT2D eigenvalue weighted by Crippen LogP contribution is 2.20. The molecule has 0 bridgehead atoms. The standard InChI is InChI=1S/C83H161NO5/c1-3-5-7-9-11-13-15-17-19-21-23-24-37-40-43-47-51-55-59-63-67-71-75-81(86)80(79-85)84-82(87)76-72-68-64-60-56-52-48-44-41-38-35-33-31-29-27-25-26-28-30-32-34-36-39-42-46-50-54-58-62-66-70-74-78-89-83(88)77-73-69-65-61-57-53-49-45-22-20-18-16-14-12-10-8-6-4-2/h28,30,71,75,80-81,85-86H,3-27,29,31-70,72-74,76-79H2,1-2H3,(H,84,87)/b30-28-,75-71+. The summed E-state index contributed by atoms with van der Waals surface area (Å²) in [6, 6.07) is -0.627. The Morgan fingerprint density at radius 1 is 0.303 bits per heavy atom. The van der Waals surface area contributed by atoms with E-state index in [0.717, 1.165) is 38.5 Å². The second kappa shape index (κ2) is 78.8. The summed E-state index contributed by atoms with van der Waals surface area (Å²) in [5, 5.41) is 23.3. The second-order valence-electron chi connectivity index (χ2n) is 28.5. The molecule has 2 unspecified atom stereocenters. The average Bonchev–Trinajstić information content (AvgIpc) is 3.58. The van der Waals surface area contributed by atoms with E-state index in [4.69, 9.17) is 4.74 Å². The van der Waals surface area contributed by atoms with Crippen molar-refractivity contribution < 1.29 is 24.5 Å². The molecule has 0 fully saturated rings. The SMILES string of the molecule is CCCCCCCCCCCCCCCCCCCCCC/C=C/C(O)C(CO)NC(=O)CCCCCCCCCCCCCCCCCC/C=C\CCCCCCCCCCCCCCOC(=O)CCCCCCCCCCCCCCCCCCCC. The van der Waals surface area contributed by atoms with E-state index in [9.17, 15) is 19.8 Å². The number of nitrogens with one attached hydrogen (secondary N) is 1. The zero-order valence-corrected chi connectivity index (χ0v) is 60.7. The molecule has 2 atom stereocenters. The van der Waals surface area contributed by atoms with E-state index >= 15 is 0 Å². The number of aliphatic hydroxyl groups excluding tert-OH is 2. The molecule has 528 valence electrons. The van der Waals surface area contributed by atoms with Gasteiger partial charge in [0.25, 0.3) is 0 Å². The highest BCUT2D eigenvalue weighted by atomic mass is 16.5. The van der Waals surface area contributed by atoms with Crippen molar-refractivity contribution in [3.8, 4) is 0 Å². The summed E-state index contributed by atoms with van der Waals surface area (Å²) in [7, 11) is 0. The van der Waals surface area contributed by atoms with Gasteiger partial charge in [-0.3, -0.25) is 9.59 Å². The highest BCUT2D eigenvalue weighted by molar-refractivity contribution is 5.76. The van der Waals surface area contributed by atoms with Crippen molar-refractivity contribution in [3.05, 3.63) is 24.3 Å². The lowest BCUT2D eigenvalue weighted by Gasteiger charge is -2.20. The van der Waals surface area contributed by atoms with Gasteiger partial charge in [0.15, 0.2) is 0 Å². The minimum Gasteiger partial charge on any atom is -0.466 e. The van der Waals surface area contributed by atoms with Crippen LogP contribution in [0.4, 0.5) is 0 Å². The number of rotatable bonds is 78. The number of allylic oxidation sites excluding steroid dienone is 3. The van der Waals surface area contributed by atoms with E-state index in [2.05, 4.69) is 31.3 Å². The van der Waals surface area contributed by atoms with Gasteiger partial charge in [-0.15, -0.1) is 0 Å². The Bertz CT molecular complexity index is 1400. The van der Waals surface area contributed by atoms with Gasteiger partial charge in [-0.05, 0) is 57.8 Å². The van der Waals surface area contributed by atoms with Crippen LogP contribution in [-0.2, 0) is 14.3 Å². The summed E-state index contributed by atoms with van der Waals surface area (Å²) in [6.45, 7) is 4.97. The van der Waals surface area contributed by atoms with Gasteiger partial charge in [0.05, 0.1) is 25.4 Å². The van der Waals surface area contributed by atoms with Crippen LogP contribution in [-0.4, -0.2) is 47.4 Å². The van der Waals surface area contributed by atoms with E-state index in [-0.39, 0.29) is 18.5 Å². The molecule has 6 heteroatoms. The Morgan fingerprint density at radius 2 is 0.528 bits per heavy atom. The maximum Gasteiger partial charge on any atom is 0.305 e. The number of carbonyl (C=O) groups is 2. The molecule has 0 aromatic rings. The summed E-state index contributed by atoms with van der Waals surface area (Å²) in [5.74, 6) is -0.0367. The van der Waals surface area contributed by atoms with Crippen molar-refractivity contribution in [3.63, 3.8) is 0 Å². The number of aliphatic hydroxyl groups is 2. The number of unbranched alkanes of at least 4 members (excludes halogenated alkanes) is 65. The molecule has 0 radical (unpaired) electrons. The molecule has 89 heavy (non-hydrogen) atoms. The fourth-order valence-electron chi connectivity index (χ4n) is 13.2. The van der Waals surface area contributed by atoms with Crippen LogP contribution in [0, 0.1) is 0 Å². The summed E-state index contributed by atoms with van der Waals surface area (Å²) in [6.07, 6.45) is 102. The van der Waals surface area contributed by atoms with Crippen LogP contribution in [0.25, 0.3) is 0 Å². The van der Waals surface area contributed by atoms with Crippen LogP contribution < -0.4 is 5.32 Å². The van der Waals surface area contributed by atoms with Gasteiger partial charge in [-0.1, -0.05) is 423 Å². The molecule has 0 aliphatic heterocycles. The largest absolute Gasteiger partial charge is 0.466 e. The van der Waals surface area contributed by atoms with Gasteiger partial charge in [0.1, 0.15) is 0 Å². The molecular formula is C83H161NO5. The van der Waals surface area contributed by atoms with Crippen LogP contribution in [0.1, 0.15) is 470 Å². The van der Waals surface area contributed by atoms with E-state index in [1.807, 2.05) is 6.08 Å². The molecule has 0 spiro atoms. The zero-order chi connectivity index (χ0) is 64.2. The zero-order valence-electron chi connectivity index (χ0n) is 60.7. The van der Waals surface area contributed by atoms with Crippen LogP contribution >= 0.6 is 0 Å². The van der Waals surface area contributed by atoms with Crippen LogP contribution in [0.5, 0.6) is 0 Å². The third-order valence-corrected chi connectivity index (χ3v) is 19.5. The van der Waals surface area contributed by atoms with Gasteiger partial charge in [-0.25, -0.2) is 0 Å². The summed E-state index contributed by atoms with van der Waals surface area (Å²) < 4.78 is 5.52. The minimum atomic E-state index is -0.844. The van der Waals surface area contributed by atoms with E-state index in [1.165, 1.54) is 405 Å². The van der Waals surface area contributed by atoms with E-state index in [1.54, 1.807) is 6.08 Å². The lowest BCUT2D eigenvalue weighted by molar-refractivity contribution is -0.143. The van der Waals surface area contributed by atoms with Gasteiger partial charge in [-0.2, -0.15) is 0 Å². The van der Waals surface area contributed by atoms with E-state index in [0.29, 0.717) is 19.4 Å². The predicted octanol–water partition coefficient (Wildman–Crippen LogP) is 27.2. The third-order valence-electron chi connectivity index (χ3n) is 19.5. The Balaban J connectivity index is 3.36. The summed E-state index contributed by atoms with van der Waals surface area (Å²) >= 11 is 0. The first-order chi connectivity index (χ1) is 44.0. The highest BCUT2D eigenvalue weighted by Gasteiger charge is 2.18. The first-order valence-corrected chi connectivity index (χ1v) is 41.1. The van der Waals surface area contributed by atoms with Crippen molar-refractivity contribution in [2.24, 2.45) is 0 Å². The Morgan fingerprint density at radius 3 is 0.798 bits per heavy atom. The smallest absolute Gasteiger partial charge is 0.305 e. The number of carbonyl (C=O) groups excluding carboxylic acids is 2. The lowest BCUT2D eigenvalue weighted by Crippen LogP contribution is -2.45. The monoisotopic (exact) mass is 1250 g/mol. The van der Waals surface area contributed by atoms with Crippen molar-refractivity contribution in [1.82, 2.24) is 5.32 Å². The topological polar surface area (TPSA) is 95.9 Å². The molecular weight excluding hydrogens is 1090 g/mol. The van der Waals surface area contributed by atoms with Crippen LogP contribution in [0.3, 0.4) is 0 Å². The molecule has 0 aliphatic rings. The molecule has 1 amide bonds. The molecule has 0 aliphatic carbocycles. The minimum absolute atomic E-state index is 0.0235. The van der Waals surface area contributed by atoms with Crippen LogP contribution in [0.15, 0.2) is 24.3 Å². The van der Waals surface area contributed by atoms with Crippen molar-refractivity contribution in [2.75, 3.05) is 13.2 Å². The van der Waals surface area contributed by atoms with Gasteiger partial charge in [0.2, 0.25) is 5.91 Å². The molecule has 0 aromatic heterocycles. The fourth-order valence-corrected chi connectivity index (χ4v) is 13.2. The normalized spacial score (nSPS) is 12.5. The summed E-state index contributed by atoms with van der Waals surface area (Å²) in [5.41, 5.74) is 0. The first-order valence-electron chi connectivity index (χ1n) is 41.1. The number of amides is 1. The Labute approximate surface area is 558 Å². The van der Waals surface area contributed by atoms with E-state index < -0.39 is 12.1 Å². The number of esters is 1. The summed E-state index contributed by atoms with van der Waals surface area (Å²) in [4.78, 5) is 24.7. The van der Waals surface area contributed by atoms with Gasteiger partial charge < -0.3 is 20.3 Å². The average molecular weight is 1250 g/mol. The molecule has 6 nitrogen and oxygen atoms in total. The maximum absolute atomic E-state index is 12.6. The number of ether oxygens (including phenoxy) is 1. The van der Waals surface area contributed by atoms with Gasteiger partial charge >= 0.3 is 5.97 Å². The lowest BCUT2D eigenvalue weighted by atomic mass is 10.0. The second-order valence-corrected chi connectivity index (χ2v) is 28.5. The molecule has 0 rings (SSSR count). The number of hydrogen-bond donors (Lipinski definition) is 3. The third kappa shape index (κ3) is 75.3. The first kappa shape index (κ1) is 87.3. The van der Waals surface area contributed by atoms with Crippen LogP contribution in [0.2, 0.25) is 0 Å². The quantitative estimate of drug-likeness (QED) is 0.0320. The molecule has 0 saturated carbocycles. The molecule has 0 aromatic carbocycles. The van der Waals surface area contributed by atoms with Gasteiger partial charge in [0, 0.05) is 12.8 Å².